The molecule has 1 atom stereocenters. The van der Waals surface area contributed by atoms with E-state index in [4.69, 9.17) is 0 Å². The van der Waals surface area contributed by atoms with Gasteiger partial charge in [-0.05, 0) is 30.4 Å². The fraction of sp³-hybridized carbons (Fsp3) is 0.500. The van der Waals surface area contributed by atoms with Gasteiger partial charge in [-0.25, -0.2) is 0 Å². The molecule has 4 nitrogen and oxygen atoms in total. The van der Waals surface area contributed by atoms with Gasteiger partial charge in [0.2, 0.25) is 11.8 Å². The number of hydrogen-bond donors (Lipinski definition) is 1. The molecule has 0 fully saturated rings. The van der Waals surface area contributed by atoms with E-state index in [1.54, 1.807) is 18.3 Å². The minimum atomic E-state index is -0.437. The Bertz CT molecular complexity index is 441. The Kier molecular flexibility index (Phi) is 3.47. The molecule has 0 bridgehead atoms. The van der Waals surface area contributed by atoms with Crippen LogP contribution in [0.5, 0.6) is 0 Å². The highest BCUT2D eigenvalue weighted by atomic mass is 32.1. The van der Waals surface area contributed by atoms with E-state index in [2.05, 4.69) is 16.8 Å². The fourth-order valence-corrected chi connectivity index (χ4v) is 2.97. The molecule has 1 aromatic rings. The zero-order valence-electron chi connectivity index (χ0n) is 10.0. The Morgan fingerprint density at radius 2 is 2.29 bits per heavy atom. The summed E-state index contributed by atoms with van der Waals surface area (Å²) in [4.78, 5) is 26.2. The van der Waals surface area contributed by atoms with Crippen molar-refractivity contribution in [2.45, 2.75) is 32.9 Å². The van der Waals surface area contributed by atoms with Crippen molar-refractivity contribution in [1.82, 2.24) is 10.2 Å². The molecule has 0 aromatic carbocycles. The van der Waals surface area contributed by atoms with Gasteiger partial charge in [0.1, 0.15) is 6.04 Å². The molecule has 17 heavy (non-hydrogen) atoms. The molecular weight excluding hydrogens is 236 g/mol. The number of nitrogens with one attached hydrogen (secondary N) is 1. The van der Waals surface area contributed by atoms with Gasteiger partial charge >= 0.3 is 0 Å². The van der Waals surface area contributed by atoms with E-state index < -0.39 is 6.04 Å². The predicted molar refractivity (Wildman–Crippen MR) is 66.7 cm³/mol. The Morgan fingerprint density at radius 1 is 1.53 bits per heavy atom. The lowest BCUT2D eigenvalue weighted by Gasteiger charge is -2.29. The van der Waals surface area contributed by atoms with Crippen molar-refractivity contribution in [3.63, 3.8) is 0 Å². The molecule has 1 aliphatic heterocycles. The molecule has 0 saturated carbocycles. The molecule has 92 valence electrons. The first-order valence-corrected chi connectivity index (χ1v) is 6.57. The first kappa shape index (κ1) is 12.1. The fourth-order valence-electron chi connectivity index (χ4n) is 2.08. The van der Waals surface area contributed by atoms with Gasteiger partial charge in [0, 0.05) is 24.9 Å². The summed E-state index contributed by atoms with van der Waals surface area (Å²) >= 11 is 1.75. The van der Waals surface area contributed by atoms with Crippen LogP contribution >= 0.6 is 11.3 Å². The zero-order chi connectivity index (χ0) is 12.4. The van der Waals surface area contributed by atoms with E-state index in [9.17, 15) is 9.59 Å². The Labute approximate surface area is 105 Å². The SMILES string of the molecule is CC(=O)NC(C)C(=O)N1CCc2sccc2C1. The van der Waals surface area contributed by atoms with Crippen LogP contribution < -0.4 is 5.32 Å². The second-order valence-electron chi connectivity index (χ2n) is 4.30. The summed E-state index contributed by atoms with van der Waals surface area (Å²) in [6.07, 6.45) is 0.922. The van der Waals surface area contributed by atoms with Crippen LogP contribution in [0.3, 0.4) is 0 Å². The van der Waals surface area contributed by atoms with Gasteiger partial charge in [-0.15, -0.1) is 11.3 Å². The largest absolute Gasteiger partial charge is 0.345 e. The number of carbonyl (C=O) groups is 2. The molecule has 0 aliphatic carbocycles. The van der Waals surface area contributed by atoms with Crippen molar-refractivity contribution in [3.05, 3.63) is 21.9 Å². The molecule has 0 saturated heterocycles. The molecule has 2 heterocycles. The summed E-state index contributed by atoms with van der Waals surface area (Å²) in [5, 5.41) is 4.70. The second-order valence-corrected chi connectivity index (χ2v) is 5.30. The van der Waals surface area contributed by atoms with E-state index in [1.165, 1.54) is 17.4 Å². The van der Waals surface area contributed by atoms with Crippen molar-refractivity contribution >= 4 is 23.2 Å². The Balaban J connectivity index is 2.00. The van der Waals surface area contributed by atoms with Crippen LogP contribution in [0.1, 0.15) is 24.3 Å². The highest BCUT2D eigenvalue weighted by Crippen LogP contribution is 2.24. The van der Waals surface area contributed by atoms with Crippen LogP contribution in [0.25, 0.3) is 0 Å². The van der Waals surface area contributed by atoms with Gasteiger partial charge in [0.25, 0.3) is 0 Å². The molecule has 5 heteroatoms. The zero-order valence-corrected chi connectivity index (χ0v) is 10.8. The number of thiophene rings is 1. The van der Waals surface area contributed by atoms with E-state index in [1.807, 2.05) is 4.90 Å². The molecule has 1 unspecified atom stereocenters. The average molecular weight is 252 g/mol. The van der Waals surface area contributed by atoms with E-state index >= 15 is 0 Å². The molecule has 0 spiro atoms. The molecule has 1 N–H and O–H groups in total. The molecular formula is C12H16N2O2S. The predicted octanol–water partition coefficient (Wildman–Crippen LogP) is 1.16. The number of rotatable bonds is 2. The average Bonchev–Trinajstić information content (AvgIpc) is 2.73. The number of amides is 2. The van der Waals surface area contributed by atoms with Crippen molar-refractivity contribution in [2.75, 3.05) is 6.54 Å². The topological polar surface area (TPSA) is 49.4 Å². The molecule has 2 rings (SSSR count). The van der Waals surface area contributed by atoms with Gasteiger partial charge in [-0.3, -0.25) is 9.59 Å². The summed E-state index contributed by atoms with van der Waals surface area (Å²) in [5.74, 6) is -0.170. The lowest BCUT2D eigenvalue weighted by atomic mass is 10.1. The first-order chi connectivity index (χ1) is 8.08. The van der Waals surface area contributed by atoms with Gasteiger partial charge < -0.3 is 10.2 Å². The van der Waals surface area contributed by atoms with Crippen LogP contribution in [-0.2, 0) is 22.6 Å². The minimum absolute atomic E-state index is 0.00273. The maximum absolute atomic E-state index is 12.1. The third kappa shape index (κ3) is 2.66. The summed E-state index contributed by atoms with van der Waals surface area (Å²) in [6.45, 7) is 4.57. The summed E-state index contributed by atoms with van der Waals surface area (Å²) < 4.78 is 0. The van der Waals surface area contributed by atoms with Crippen molar-refractivity contribution in [1.29, 1.82) is 0 Å². The summed E-state index contributed by atoms with van der Waals surface area (Å²) in [7, 11) is 0. The Hall–Kier alpha value is -1.36. The van der Waals surface area contributed by atoms with E-state index in [-0.39, 0.29) is 11.8 Å². The molecule has 1 aromatic heterocycles. The first-order valence-electron chi connectivity index (χ1n) is 5.69. The minimum Gasteiger partial charge on any atom is -0.345 e. The van der Waals surface area contributed by atoms with Gasteiger partial charge in [-0.2, -0.15) is 0 Å². The molecule has 2 amide bonds. The monoisotopic (exact) mass is 252 g/mol. The lowest BCUT2D eigenvalue weighted by Crippen LogP contribution is -2.47. The van der Waals surface area contributed by atoms with Gasteiger partial charge in [-0.1, -0.05) is 0 Å². The highest BCUT2D eigenvalue weighted by molar-refractivity contribution is 7.10. The van der Waals surface area contributed by atoms with Gasteiger partial charge in [0.05, 0.1) is 0 Å². The maximum atomic E-state index is 12.1. The smallest absolute Gasteiger partial charge is 0.245 e. The summed E-state index contributed by atoms with van der Waals surface area (Å²) in [5.41, 5.74) is 1.24. The third-order valence-electron chi connectivity index (χ3n) is 2.91. The number of hydrogen-bond acceptors (Lipinski definition) is 3. The van der Waals surface area contributed by atoms with Crippen LogP contribution in [-0.4, -0.2) is 29.3 Å². The van der Waals surface area contributed by atoms with Crippen LogP contribution in [0, 0.1) is 0 Å². The number of carbonyl (C=O) groups excluding carboxylic acids is 2. The lowest BCUT2D eigenvalue weighted by molar-refractivity contribution is -0.136. The van der Waals surface area contributed by atoms with E-state index in [0.717, 1.165) is 13.0 Å². The van der Waals surface area contributed by atoms with Crippen molar-refractivity contribution in [3.8, 4) is 0 Å². The highest BCUT2D eigenvalue weighted by Gasteiger charge is 2.25. The van der Waals surface area contributed by atoms with Crippen molar-refractivity contribution < 1.29 is 9.59 Å². The van der Waals surface area contributed by atoms with Crippen LogP contribution in [0.4, 0.5) is 0 Å². The molecule has 0 radical (unpaired) electrons. The van der Waals surface area contributed by atoms with E-state index in [0.29, 0.717) is 6.54 Å². The quantitative estimate of drug-likeness (QED) is 0.858. The van der Waals surface area contributed by atoms with Crippen molar-refractivity contribution in [2.24, 2.45) is 0 Å². The normalized spacial score (nSPS) is 16.2. The molecule has 1 aliphatic rings. The van der Waals surface area contributed by atoms with Crippen LogP contribution in [0.15, 0.2) is 11.4 Å². The third-order valence-corrected chi connectivity index (χ3v) is 3.93. The maximum Gasteiger partial charge on any atom is 0.245 e. The summed E-state index contributed by atoms with van der Waals surface area (Å²) in [6, 6.07) is 1.63. The number of nitrogens with zero attached hydrogens (tertiary/aromatic N) is 1. The Morgan fingerprint density at radius 3 is 3.00 bits per heavy atom. The second kappa shape index (κ2) is 4.87. The van der Waals surface area contributed by atoms with Crippen LogP contribution in [0.2, 0.25) is 0 Å². The standard InChI is InChI=1S/C12H16N2O2S/c1-8(13-9(2)15)12(16)14-5-3-11-10(7-14)4-6-17-11/h4,6,8H,3,5,7H2,1-2H3,(H,13,15). The number of fused-ring (bicyclic) bond motifs is 1. The van der Waals surface area contributed by atoms with Gasteiger partial charge in [0.15, 0.2) is 0 Å².